The molecular weight excluding hydrogens is 241 g/mol. The second kappa shape index (κ2) is 5.03. The number of anilines is 1. The lowest BCUT2D eigenvalue weighted by molar-refractivity contribution is 0.627. The van der Waals surface area contributed by atoms with Gasteiger partial charge in [-0.1, -0.05) is 12.1 Å². The van der Waals surface area contributed by atoms with Crippen molar-refractivity contribution in [3.8, 4) is 0 Å². The fourth-order valence-electron chi connectivity index (χ4n) is 2.68. The Bertz CT molecular complexity index is 572. The summed E-state index contributed by atoms with van der Waals surface area (Å²) in [5, 5.41) is 8.06. The second-order valence-corrected chi connectivity index (χ2v) is 5.08. The van der Waals surface area contributed by atoms with Gasteiger partial charge in [-0.15, -0.1) is 0 Å². The molecule has 0 amide bonds. The van der Waals surface area contributed by atoms with Crippen LogP contribution < -0.4 is 5.32 Å². The molecule has 1 N–H and O–H groups in total. The van der Waals surface area contributed by atoms with Crippen LogP contribution in [-0.2, 0) is 19.9 Å². The van der Waals surface area contributed by atoms with E-state index in [0.29, 0.717) is 0 Å². The van der Waals surface area contributed by atoms with Crippen molar-refractivity contribution in [3.63, 3.8) is 0 Å². The van der Waals surface area contributed by atoms with Crippen LogP contribution in [0.5, 0.6) is 0 Å². The van der Waals surface area contributed by atoms with E-state index in [9.17, 15) is 4.39 Å². The highest BCUT2D eigenvalue weighted by atomic mass is 19.1. The van der Waals surface area contributed by atoms with Crippen LogP contribution in [0.1, 0.15) is 29.7 Å². The maximum atomic E-state index is 12.9. The second-order valence-electron chi connectivity index (χ2n) is 5.08. The Morgan fingerprint density at radius 1 is 1.26 bits per heavy atom. The monoisotopic (exact) mass is 259 g/mol. The Morgan fingerprint density at radius 2 is 2.05 bits per heavy atom. The summed E-state index contributed by atoms with van der Waals surface area (Å²) in [4.78, 5) is 0. The lowest BCUT2D eigenvalue weighted by Gasteiger charge is -2.04. The van der Waals surface area contributed by atoms with E-state index >= 15 is 0 Å². The summed E-state index contributed by atoms with van der Waals surface area (Å²) in [6.45, 7) is 1.02. The molecule has 0 unspecified atom stereocenters. The molecule has 1 aromatic carbocycles. The molecule has 0 radical (unpaired) electrons. The first-order valence-electron chi connectivity index (χ1n) is 6.77. The minimum absolute atomic E-state index is 0.190. The van der Waals surface area contributed by atoms with Gasteiger partial charge < -0.3 is 5.32 Å². The molecule has 0 spiro atoms. The number of fused-ring (bicyclic) bond motifs is 1. The first kappa shape index (κ1) is 12.2. The molecule has 2 aromatic rings. The molecule has 0 aliphatic carbocycles. The molecule has 19 heavy (non-hydrogen) atoms. The predicted octanol–water partition coefficient (Wildman–Crippen LogP) is 2.90. The number of hydrogen-bond acceptors (Lipinski definition) is 2. The highest BCUT2D eigenvalue weighted by molar-refractivity contribution is 5.49. The summed E-state index contributed by atoms with van der Waals surface area (Å²) in [6, 6.07) is 6.69. The third kappa shape index (κ3) is 2.48. The first-order chi connectivity index (χ1) is 9.24. The number of benzene rings is 1. The van der Waals surface area contributed by atoms with Gasteiger partial charge in [-0.3, -0.25) is 4.68 Å². The highest BCUT2D eigenvalue weighted by Crippen LogP contribution is 2.26. The number of nitrogens with one attached hydrogen (secondary N) is 1. The number of nitrogens with zero attached hydrogens (tertiary/aromatic N) is 2. The number of hydrogen-bond donors (Lipinski definition) is 1. The third-order valence-electron chi connectivity index (χ3n) is 3.66. The molecule has 3 rings (SSSR count). The average molecular weight is 259 g/mol. The van der Waals surface area contributed by atoms with Gasteiger partial charge in [0, 0.05) is 25.6 Å². The van der Waals surface area contributed by atoms with Gasteiger partial charge in [0.15, 0.2) is 0 Å². The Balaban J connectivity index is 1.90. The molecule has 4 heteroatoms. The van der Waals surface area contributed by atoms with E-state index in [4.69, 9.17) is 0 Å². The molecular formula is C15H18FN3. The van der Waals surface area contributed by atoms with Gasteiger partial charge in [0.2, 0.25) is 0 Å². The minimum atomic E-state index is -0.190. The normalized spacial score (nSPS) is 14.6. The maximum absolute atomic E-state index is 12.9. The summed E-state index contributed by atoms with van der Waals surface area (Å²) in [6.07, 6.45) is 4.24. The third-order valence-corrected chi connectivity index (χ3v) is 3.66. The molecule has 0 fully saturated rings. The van der Waals surface area contributed by atoms with Crippen molar-refractivity contribution in [1.82, 2.24) is 9.78 Å². The van der Waals surface area contributed by atoms with Crippen LogP contribution in [0.2, 0.25) is 0 Å². The summed E-state index contributed by atoms with van der Waals surface area (Å²) in [5.41, 5.74) is 3.54. The summed E-state index contributed by atoms with van der Waals surface area (Å²) in [7, 11) is 1.98. The minimum Gasteiger partial charge on any atom is -0.370 e. The molecule has 1 aromatic heterocycles. The first-order valence-corrected chi connectivity index (χ1v) is 6.77. The fraction of sp³-hybridized carbons (Fsp3) is 0.400. The standard InChI is InChI=1S/C15H18FN3/c1-19-15-13(4-2-3-9-17-15)14(18-19)10-11-5-7-12(16)8-6-11/h5-8,17H,2-4,9-10H2,1H3. The topological polar surface area (TPSA) is 29.9 Å². The number of aryl methyl sites for hydroxylation is 1. The molecule has 1 aliphatic heterocycles. The van der Waals surface area contributed by atoms with E-state index in [0.717, 1.165) is 36.5 Å². The van der Waals surface area contributed by atoms with Crippen LogP contribution in [0.3, 0.4) is 0 Å². The quantitative estimate of drug-likeness (QED) is 0.898. The zero-order valence-electron chi connectivity index (χ0n) is 11.1. The van der Waals surface area contributed by atoms with Crippen molar-refractivity contribution in [2.75, 3.05) is 11.9 Å². The number of rotatable bonds is 2. The van der Waals surface area contributed by atoms with E-state index in [1.165, 1.54) is 30.5 Å². The zero-order valence-corrected chi connectivity index (χ0v) is 11.1. The van der Waals surface area contributed by atoms with E-state index in [2.05, 4.69) is 10.4 Å². The Kier molecular flexibility index (Phi) is 3.23. The lowest BCUT2D eigenvalue weighted by atomic mass is 10.0. The molecule has 0 saturated heterocycles. The van der Waals surface area contributed by atoms with Gasteiger partial charge in [0.1, 0.15) is 11.6 Å². The fourth-order valence-corrected chi connectivity index (χ4v) is 2.68. The van der Waals surface area contributed by atoms with Crippen molar-refractivity contribution < 1.29 is 4.39 Å². The summed E-state index contributed by atoms with van der Waals surface area (Å²) < 4.78 is 14.9. The summed E-state index contributed by atoms with van der Waals surface area (Å²) >= 11 is 0. The molecule has 2 heterocycles. The van der Waals surface area contributed by atoms with Gasteiger partial charge in [0.25, 0.3) is 0 Å². The Hall–Kier alpha value is -1.84. The van der Waals surface area contributed by atoms with Gasteiger partial charge in [-0.2, -0.15) is 5.10 Å². The van der Waals surface area contributed by atoms with Gasteiger partial charge >= 0.3 is 0 Å². The molecule has 1 aliphatic rings. The molecule has 3 nitrogen and oxygen atoms in total. The van der Waals surface area contributed by atoms with Crippen LogP contribution in [-0.4, -0.2) is 16.3 Å². The van der Waals surface area contributed by atoms with Crippen molar-refractivity contribution in [2.24, 2.45) is 7.05 Å². The van der Waals surface area contributed by atoms with E-state index in [1.807, 2.05) is 23.9 Å². The van der Waals surface area contributed by atoms with Crippen molar-refractivity contribution in [1.29, 1.82) is 0 Å². The average Bonchev–Trinajstić information content (AvgIpc) is 2.59. The van der Waals surface area contributed by atoms with Crippen LogP contribution in [0, 0.1) is 5.82 Å². The van der Waals surface area contributed by atoms with Crippen molar-refractivity contribution in [2.45, 2.75) is 25.7 Å². The maximum Gasteiger partial charge on any atom is 0.127 e. The molecule has 0 saturated carbocycles. The highest BCUT2D eigenvalue weighted by Gasteiger charge is 2.17. The van der Waals surface area contributed by atoms with E-state index in [1.54, 1.807) is 0 Å². The number of aromatic nitrogens is 2. The van der Waals surface area contributed by atoms with Crippen LogP contribution in [0.25, 0.3) is 0 Å². The molecule has 0 bridgehead atoms. The largest absolute Gasteiger partial charge is 0.370 e. The smallest absolute Gasteiger partial charge is 0.127 e. The van der Waals surface area contributed by atoms with Crippen LogP contribution >= 0.6 is 0 Å². The summed E-state index contributed by atoms with van der Waals surface area (Å²) in [5.74, 6) is 0.958. The van der Waals surface area contributed by atoms with Crippen LogP contribution in [0.15, 0.2) is 24.3 Å². The van der Waals surface area contributed by atoms with Gasteiger partial charge in [0.05, 0.1) is 5.69 Å². The zero-order chi connectivity index (χ0) is 13.2. The number of halogens is 1. The van der Waals surface area contributed by atoms with Crippen LogP contribution in [0.4, 0.5) is 10.2 Å². The van der Waals surface area contributed by atoms with Crippen molar-refractivity contribution >= 4 is 5.82 Å². The molecule has 0 atom stereocenters. The predicted molar refractivity (Wildman–Crippen MR) is 73.8 cm³/mol. The SMILES string of the molecule is Cn1nc(Cc2ccc(F)cc2)c2c1NCCCC2. The molecule has 100 valence electrons. The van der Waals surface area contributed by atoms with E-state index < -0.39 is 0 Å². The van der Waals surface area contributed by atoms with E-state index in [-0.39, 0.29) is 5.82 Å². The lowest BCUT2D eigenvalue weighted by Crippen LogP contribution is -2.04. The Labute approximate surface area is 112 Å². The van der Waals surface area contributed by atoms with Gasteiger partial charge in [-0.05, 0) is 37.0 Å². The van der Waals surface area contributed by atoms with Gasteiger partial charge in [-0.25, -0.2) is 4.39 Å². The Morgan fingerprint density at radius 3 is 2.84 bits per heavy atom. The van der Waals surface area contributed by atoms with Crippen molar-refractivity contribution in [3.05, 3.63) is 46.9 Å².